The number of carbonyl (C=O) groups excluding carboxylic acids is 1. The zero-order valence-corrected chi connectivity index (χ0v) is 11.8. The summed E-state index contributed by atoms with van der Waals surface area (Å²) in [5, 5.41) is 6.20. The van der Waals surface area contributed by atoms with Gasteiger partial charge in [-0.15, -0.1) is 0 Å². The number of amides is 1. The van der Waals surface area contributed by atoms with Gasteiger partial charge in [0.2, 0.25) is 0 Å². The maximum atomic E-state index is 12.4. The molecule has 0 atom stereocenters. The fourth-order valence-electron chi connectivity index (χ4n) is 1.90. The third-order valence-corrected chi connectivity index (χ3v) is 3.01. The molecule has 2 N–H and O–H groups in total. The van der Waals surface area contributed by atoms with Crippen molar-refractivity contribution in [2.24, 2.45) is 0 Å². The molecule has 0 aliphatic heterocycles. The number of anilines is 2. The first-order valence-corrected chi connectivity index (χ1v) is 6.77. The van der Waals surface area contributed by atoms with Gasteiger partial charge in [-0.1, -0.05) is 19.1 Å². The van der Waals surface area contributed by atoms with Crippen molar-refractivity contribution in [2.75, 3.05) is 17.2 Å². The van der Waals surface area contributed by atoms with Crippen LogP contribution in [0.1, 0.15) is 29.3 Å². The number of benzene rings is 1. The molecule has 0 fully saturated rings. The summed E-state index contributed by atoms with van der Waals surface area (Å²) in [4.78, 5) is 16.4. The van der Waals surface area contributed by atoms with Gasteiger partial charge < -0.3 is 10.6 Å². The minimum atomic E-state index is -0.112. The van der Waals surface area contributed by atoms with Crippen molar-refractivity contribution < 1.29 is 4.79 Å². The van der Waals surface area contributed by atoms with Gasteiger partial charge >= 0.3 is 0 Å². The number of para-hydroxylation sites is 1. The lowest BCUT2D eigenvalue weighted by Crippen LogP contribution is -2.15. The van der Waals surface area contributed by atoms with E-state index in [1.165, 1.54) is 0 Å². The van der Waals surface area contributed by atoms with Crippen LogP contribution in [0.4, 0.5) is 11.4 Å². The third kappa shape index (κ3) is 3.35. The van der Waals surface area contributed by atoms with Crippen LogP contribution in [0.2, 0.25) is 0 Å². The Morgan fingerprint density at radius 2 is 2.00 bits per heavy atom. The second kappa shape index (κ2) is 6.70. The molecule has 20 heavy (non-hydrogen) atoms. The van der Waals surface area contributed by atoms with Gasteiger partial charge in [-0.3, -0.25) is 9.78 Å². The maximum Gasteiger partial charge on any atom is 0.257 e. The van der Waals surface area contributed by atoms with Gasteiger partial charge in [0.05, 0.1) is 5.56 Å². The highest BCUT2D eigenvalue weighted by atomic mass is 16.1. The standard InChI is InChI=1S/C16H19N3O/c1-3-9-18-15-7-5-4-6-13(15)16(20)19-14-8-10-17-11-12(14)2/h4-8,10-11,18H,3,9H2,1-2H3,(H,17,19,20). The summed E-state index contributed by atoms with van der Waals surface area (Å²) in [6, 6.07) is 9.33. The Kier molecular flexibility index (Phi) is 4.71. The van der Waals surface area contributed by atoms with E-state index in [9.17, 15) is 4.79 Å². The number of pyridine rings is 1. The predicted molar refractivity (Wildman–Crippen MR) is 82.1 cm³/mol. The summed E-state index contributed by atoms with van der Waals surface area (Å²) in [5.41, 5.74) is 3.24. The average Bonchev–Trinajstić information content (AvgIpc) is 2.47. The summed E-state index contributed by atoms with van der Waals surface area (Å²) >= 11 is 0. The minimum Gasteiger partial charge on any atom is -0.384 e. The highest BCUT2D eigenvalue weighted by molar-refractivity contribution is 6.08. The van der Waals surface area contributed by atoms with Gasteiger partial charge in [0.1, 0.15) is 0 Å². The van der Waals surface area contributed by atoms with E-state index in [2.05, 4.69) is 22.5 Å². The van der Waals surface area contributed by atoms with Crippen LogP contribution in [0.5, 0.6) is 0 Å². The molecule has 0 spiro atoms. The van der Waals surface area contributed by atoms with E-state index in [1.54, 1.807) is 18.5 Å². The van der Waals surface area contributed by atoms with Crippen LogP contribution in [-0.4, -0.2) is 17.4 Å². The molecule has 2 aromatic rings. The Labute approximate surface area is 119 Å². The summed E-state index contributed by atoms with van der Waals surface area (Å²) < 4.78 is 0. The van der Waals surface area contributed by atoms with Crippen LogP contribution < -0.4 is 10.6 Å². The lowest BCUT2D eigenvalue weighted by atomic mass is 10.1. The van der Waals surface area contributed by atoms with Crippen LogP contribution in [0.15, 0.2) is 42.7 Å². The summed E-state index contributed by atoms with van der Waals surface area (Å²) in [5.74, 6) is -0.112. The number of carbonyl (C=O) groups is 1. The molecule has 1 aromatic heterocycles. The van der Waals surface area contributed by atoms with Crippen molar-refractivity contribution in [2.45, 2.75) is 20.3 Å². The van der Waals surface area contributed by atoms with E-state index >= 15 is 0 Å². The Bertz CT molecular complexity index is 596. The smallest absolute Gasteiger partial charge is 0.257 e. The molecule has 1 heterocycles. The summed E-state index contributed by atoms with van der Waals surface area (Å²) in [6.45, 7) is 4.86. The molecular formula is C16H19N3O. The Hall–Kier alpha value is -2.36. The Morgan fingerprint density at radius 3 is 2.75 bits per heavy atom. The van der Waals surface area contributed by atoms with Crippen LogP contribution in [0.3, 0.4) is 0 Å². The molecule has 0 saturated heterocycles. The first kappa shape index (κ1) is 14.1. The molecule has 1 amide bonds. The van der Waals surface area contributed by atoms with Crippen LogP contribution in [0.25, 0.3) is 0 Å². The zero-order chi connectivity index (χ0) is 14.4. The quantitative estimate of drug-likeness (QED) is 0.874. The fraction of sp³-hybridized carbons (Fsp3) is 0.250. The molecule has 0 saturated carbocycles. The minimum absolute atomic E-state index is 0.112. The van der Waals surface area contributed by atoms with Gasteiger partial charge in [-0.25, -0.2) is 0 Å². The van der Waals surface area contributed by atoms with Crippen LogP contribution >= 0.6 is 0 Å². The van der Waals surface area contributed by atoms with E-state index in [-0.39, 0.29) is 5.91 Å². The van der Waals surface area contributed by atoms with E-state index < -0.39 is 0 Å². The van der Waals surface area contributed by atoms with Crippen molar-refractivity contribution in [3.05, 3.63) is 53.9 Å². The van der Waals surface area contributed by atoms with Crippen molar-refractivity contribution in [1.82, 2.24) is 4.98 Å². The highest BCUT2D eigenvalue weighted by Crippen LogP contribution is 2.18. The zero-order valence-electron chi connectivity index (χ0n) is 11.8. The van der Waals surface area contributed by atoms with Crippen LogP contribution in [-0.2, 0) is 0 Å². The number of nitrogens with one attached hydrogen (secondary N) is 2. The van der Waals surface area contributed by atoms with E-state index in [0.717, 1.165) is 29.9 Å². The average molecular weight is 269 g/mol. The number of nitrogens with zero attached hydrogens (tertiary/aromatic N) is 1. The number of rotatable bonds is 5. The topological polar surface area (TPSA) is 54.0 Å². The summed E-state index contributed by atoms with van der Waals surface area (Å²) in [7, 11) is 0. The molecule has 1 aromatic carbocycles. The van der Waals surface area contributed by atoms with Gasteiger partial charge in [0.25, 0.3) is 5.91 Å². The lowest BCUT2D eigenvalue weighted by molar-refractivity contribution is 0.102. The highest BCUT2D eigenvalue weighted by Gasteiger charge is 2.11. The first-order chi connectivity index (χ1) is 9.72. The number of aryl methyl sites for hydroxylation is 1. The Morgan fingerprint density at radius 1 is 1.20 bits per heavy atom. The van der Waals surface area contributed by atoms with E-state index in [1.807, 2.05) is 31.2 Å². The molecule has 0 radical (unpaired) electrons. The molecule has 2 rings (SSSR count). The van der Waals surface area contributed by atoms with Gasteiger partial charge in [0, 0.05) is 30.3 Å². The Balaban J connectivity index is 2.19. The fourth-order valence-corrected chi connectivity index (χ4v) is 1.90. The molecule has 0 unspecified atom stereocenters. The normalized spacial score (nSPS) is 10.1. The number of aromatic nitrogens is 1. The molecule has 0 aliphatic carbocycles. The molecule has 4 nitrogen and oxygen atoms in total. The second-order valence-corrected chi connectivity index (χ2v) is 4.62. The molecule has 0 aliphatic rings. The largest absolute Gasteiger partial charge is 0.384 e. The molecule has 4 heteroatoms. The maximum absolute atomic E-state index is 12.4. The van der Waals surface area contributed by atoms with Gasteiger partial charge in [-0.2, -0.15) is 0 Å². The van der Waals surface area contributed by atoms with Crippen LogP contribution in [0, 0.1) is 6.92 Å². The second-order valence-electron chi connectivity index (χ2n) is 4.62. The van der Waals surface area contributed by atoms with Gasteiger partial charge in [-0.05, 0) is 37.1 Å². The predicted octanol–water partition coefficient (Wildman–Crippen LogP) is 3.46. The lowest BCUT2D eigenvalue weighted by Gasteiger charge is -2.12. The SMILES string of the molecule is CCCNc1ccccc1C(=O)Nc1ccncc1C. The monoisotopic (exact) mass is 269 g/mol. The molecule has 0 bridgehead atoms. The third-order valence-electron chi connectivity index (χ3n) is 3.01. The molecular weight excluding hydrogens is 250 g/mol. The summed E-state index contributed by atoms with van der Waals surface area (Å²) in [6.07, 6.45) is 4.42. The van der Waals surface area contributed by atoms with E-state index in [0.29, 0.717) is 5.56 Å². The number of hydrogen-bond acceptors (Lipinski definition) is 3. The van der Waals surface area contributed by atoms with Crippen molar-refractivity contribution in [3.63, 3.8) is 0 Å². The first-order valence-electron chi connectivity index (χ1n) is 6.77. The van der Waals surface area contributed by atoms with Crippen molar-refractivity contribution >= 4 is 17.3 Å². The van der Waals surface area contributed by atoms with Crippen molar-refractivity contribution in [3.8, 4) is 0 Å². The van der Waals surface area contributed by atoms with Gasteiger partial charge in [0.15, 0.2) is 0 Å². The molecule has 104 valence electrons. The number of hydrogen-bond donors (Lipinski definition) is 2. The van der Waals surface area contributed by atoms with E-state index in [4.69, 9.17) is 0 Å². The van der Waals surface area contributed by atoms with Crippen molar-refractivity contribution in [1.29, 1.82) is 0 Å².